The number of hydrogen-bond acceptors (Lipinski definition) is 1. The van der Waals surface area contributed by atoms with Crippen LogP contribution in [0.4, 0.5) is 23.2 Å². The summed E-state index contributed by atoms with van der Waals surface area (Å²) in [4.78, 5) is 0. The first-order valence-corrected chi connectivity index (χ1v) is 6.43. The Morgan fingerprint density at radius 2 is 1.67 bits per heavy atom. The molecule has 0 saturated heterocycles. The van der Waals surface area contributed by atoms with Crippen LogP contribution in [0.25, 0.3) is 0 Å². The summed E-state index contributed by atoms with van der Waals surface area (Å²) in [6, 6.07) is 8.22. The lowest BCUT2D eigenvalue weighted by molar-refractivity contribution is -0.137. The van der Waals surface area contributed by atoms with Gasteiger partial charge in [-0.1, -0.05) is 6.07 Å². The molecule has 0 aromatic heterocycles. The number of rotatable bonds is 3. The molecule has 1 nitrogen and oxygen atoms in total. The van der Waals surface area contributed by atoms with E-state index in [1.54, 1.807) is 0 Å². The van der Waals surface area contributed by atoms with Crippen molar-refractivity contribution in [3.05, 3.63) is 64.5 Å². The molecule has 0 amide bonds. The molecule has 0 fully saturated rings. The van der Waals surface area contributed by atoms with Gasteiger partial charge in [0.1, 0.15) is 5.82 Å². The van der Waals surface area contributed by atoms with Crippen LogP contribution in [-0.4, -0.2) is 0 Å². The molecule has 1 N–H and O–H groups in total. The first-order valence-electron chi connectivity index (χ1n) is 6.43. The fraction of sp³-hybridized carbons (Fsp3) is 0.250. The maximum absolute atomic E-state index is 13.3. The Morgan fingerprint density at radius 1 is 0.952 bits per heavy atom. The minimum absolute atomic E-state index is 0.128. The Morgan fingerprint density at radius 3 is 2.29 bits per heavy atom. The molecule has 0 bridgehead atoms. The number of halogens is 4. The Labute approximate surface area is 120 Å². The monoisotopic (exact) mass is 297 g/mol. The Kier molecular flexibility index (Phi) is 4.21. The zero-order chi connectivity index (χ0) is 15.6. The second-order valence-electron chi connectivity index (χ2n) is 5.00. The average Bonchev–Trinajstić information content (AvgIpc) is 2.38. The molecule has 0 spiro atoms. The number of benzene rings is 2. The highest BCUT2D eigenvalue weighted by Gasteiger charge is 2.31. The summed E-state index contributed by atoms with van der Waals surface area (Å²) in [6.07, 6.45) is -4.54. The van der Waals surface area contributed by atoms with E-state index in [1.165, 1.54) is 0 Å². The fourth-order valence-corrected chi connectivity index (χ4v) is 1.97. The molecule has 112 valence electrons. The van der Waals surface area contributed by atoms with Crippen LogP contribution in [0.5, 0.6) is 0 Å². The zero-order valence-corrected chi connectivity index (χ0v) is 11.7. The van der Waals surface area contributed by atoms with E-state index in [0.717, 1.165) is 28.9 Å². The maximum atomic E-state index is 13.3. The second kappa shape index (κ2) is 5.76. The van der Waals surface area contributed by atoms with Crippen LogP contribution in [0, 0.1) is 19.7 Å². The van der Waals surface area contributed by atoms with E-state index in [4.69, 9.17) is 0 Å². The zero-order valence-electron chi connectivity index (χ0n) is 11.7. The van der Waals surface area contributed by atoms with Crippen molar-refractivity contribution < 1.29 is 17.6 Å². The average molecular weight is 297 g/mol. The Balaban J connectivity index is 2.16. The van der Waals surface area contributed by atoms with E-state index in [9.17, 15) is 17.6 Å². The number of nitrogens with one attached hydrogen (secondary N) is 1. The standard InChI is InChI=1S/C16H15F4N/c1-10-3-4-15(5-11(10)2)21-9-12-6-13(16(18,19)20)8-14(17)7-12/h3-8,21H,9H2,1-2H3. The van der Waals surface area contributed by atoms with Crippen LogP contribution >= 0.6 is 0 Å². The summed E-state index contributed by atoms with van der Waals surface area (Å²) in [5, 5.41) is 3.00. The van der Waals surface area contributed by atoms with Gasteiger partial charge in [0.15, 0.2) is 0 Å². The van der Waals surface area contributed by atoms with Crippen LogP contribution in [0.15, 0.2) is 36.4 Å². The second-order valence-corrected chi connectivity index (χ2v) is 5.00. The first kappa shape index (κ1) is 15.4. The minimum atomic E-state index is -4.54. The molecule has 2 aromatic rings. The van der Waals surface area contributed by atoms with Gasteiger partial charge in [-0.15, -0.1) is 0 Å². The summed E-state index contributed by atoms with van der Waals surface area (Å²) < 4.78 is 51.1. The molecule has 0 heterocycles. The smallest absolute Gasteiger partial charge is 0.381 e. The van der Waals surface area contributed by atoms with Crippen molar-refractivity contribution in [2.24, 2.45) is 0 Å². The van der Waals surface area contributed by atoms with Crippen molar-refractivity contribution >= 4 is 5.69 Å². The molecule has 21 heavy (non-hydrogen) atoms. The third kappa shape index (κ3) is 3.97. The van der Waals surface area contributed by atoms with Gasteiger partial charge in [0.05, 0.1) is 5.56 Å². The number of hydrogen-bond donors (Lipinski definition) is 1. The Hall–Kier alpha value is -2.04. The lowest BCUT2D eigenvalue weighted by atomic mass is 10.1. The van der Waals surface area contributed by atoms with E-state index < -0.39 is 17.6 Å². The normalized spacial score (nSPS) is 11.5. The first-order chi connectivity index (χ1) is 9.75. The lowest BCUT2D eigenvalue weighted by Crippen LogP contribution is -2.08. The van der Waals surface area contributed by atoms with Gasteiger partial charge in [0.2, 0.25) is 0 Å². The van der Waals surface area contributed by atoms with Crippen molar-refractivity contribution in [3.63, 3.8) is 0 Å². The molecule has 0 saturated carbocycles. The van der Waals surface area contributed by atoms with Gasteiger partial charge in [0.25, 0.3) is 0 Å². The van der Waals surface area contributed by atoms with Crippen LogP contribution in [0.3, 0.4) is 0 Å². The van der Waals surface area contributed by atoms with Crippen LogP contribution in [0.2, 0.25) is 0 Å². The highest BCUT2D eigenvalue weighted by atomic mass is 19.4. The van der Waals surface area contributed by atoms with Crippen molar-refractivity contribution in [1.29, 1.82) is 0 Å². The van der Waals surface area contributed by atoms with Gasteiger partial charge in [-0.25, -0.2) is 4.39 Å². The predicted molar refractivity (Wildman–Crippen MR) is 74.6 cm³/mol. The van der Waals surface area contributed by atoms with Crippen LogP contribution in [0.1, 0.15) is 22.3 Å². The Bertz CT molecular complexity index is 647. The fourth-order valence-electron chi connectivity index (χ4n) is 1.97. The molecule has 2 aromatic carbocycles. The molecular formula is C16H15F4N. The quantitative estimate of drug-likeness (QED) is 0.780. The molecule has 0 unspecified atom stereocenters. The van der Waals surface area contributed by atoms with E-state index >= 15 is 0 Å². The molecule has 2 rings (SSSR count). The topological polar surface area (TPSA) is 12.0 Å². The molecule has 0 atom stereocenters. The minimum Gasteiger partial charge on any atom is -0.381 e. The van der Waals surface area contributed by atoms with Crippen LogP contribution in [-0.2, 0) is 12.7 Å². The van der Waals surface area contributed by atoms with Gasteiger partial charge < -0.3 is 5.32 Å². The summed E-state index contributed by atoms with van der Waals surface area (Å²) >= 11 is 0. The third-order valence-electron chi connectivity index (χ3n) is 3.29. The van der Waals surface area contributed by atoms with Crippen molar-refractivity contribution in [2.45, 2.75) is 26.6 Å². The number of alkyl halides is 3. The molecule has 0 aliphatic rings. The van der Waals surface area contributed by atoms with Gasteiger partial charge in [-0.3, -0.25) is 0 Å². The maximum Gasteiger partial charge on any atom is 0.416 e. The van der Waals surface area contributed by atoms with Gasteiger partial charge >= 0.3 is 6.18 Å². The lowest BCUT2D eigenvalue weighted by Gasteiger charge is -2.12. The predicted octanol–water partition coefficient (Wildman–Crippen LogP) is 5.07. The largest absolute Gasteiger partial charge is 0.416 e. The van der Waals surface area contributed by atoms with Gasteiger partial charge in [0, 0.05) is 12.2 Å². The summed E-state index contributed by atoms with van der Waals surface area (Å²) in [7, 11) is 0. The van der Waals surface area contributed by atoms with E-state index in [-0.39, 0.29) is 12.1 Å². The van der Waals surface area contributed by atoms with Crippen molar-refractivity contribution in [1.82, 2.24) is 0 Å². The highest BCUT2D eigenvalue weighted by molar-refractivity contribution is 5.48. The SMILES string of the molecule is Cc1ccc(NCc2cc(F)cc(C(F)(F)F)c2)cc1C. The van der Waals surface area contributed by atoms with Crippen molar-refractivity contribution in [2.75, 3.05) is 5.32 Å². The van der Waals surface area contributed by atoms with E-state index in [1.807, 2.05) is 32.0 Å². The third-order valence-corrected chi connectivity index (χ3v) is 3.29. The van der Waals surface area contributed by atoms with E-state index in [0.29, 0.717) is 6.07 Å². The summed E-state index contributed by atoms with van der Waals surface area (Å²) in [5.74, 6) is -0.887. The highest BCUT2D eigenvalue weighted by Crippen LogP contribution is 2.30. The summed E-state index contributed by atoms with van der Waals surface area (Å²) in [6.45, 7) is 4.05. The molecule has 0 radical (unpaired) electrons. The van der Waals surface area contributed by atoms with Crippen LogP contribution < -0.4 is 5.32 Å². The van der Waals surface area contributed by atoms with Crippen molar-refractivity contribution in [3.8, 4) is 0 Å². The van der Waals surface area contributed by atoms with Gasteiger partial charge in [-0.05, 0) is 60.9 Å². The molecule has 5 heteroatoms. The van der Waals surface area contributed by atoms with Gasteiger partial charge in [-0.2, -0.15) is 13.2 Å². The molecular weight excluding hydrogens is 282 g/mol. The molecule has 0 aliphatic heterocycles. The van der Waals surface area contributed by atoms with E-state index in [2.05, 4.69) is 5.32 Å². The number of aryl methyl sites for hydroxylation is 2. The summed E-state index contributed by atoms with van der Waals surface area (Å²) in [5.41, 5.74) is 2.27. The number of anilines is 1. The molecule has 0 aliphatic carbocycles.